The number of nitrogens with zero attached hydrogens (tertiary/aromatic N) is 5. The number of oxazole rings is 1. The maximum absolute atomic E-state index is 14.4. The molecule has 4 fully saturated rings. The van der Waals surface area contributed by atoms with Crippen molar-refractivity contribution in [1.82, 2.24) is 19.9 Å². The molecule has 0 radical (unpaired) electrons. The number of pyridine rings is 2. The Morgan fingerprint density at radius 2 is 1.70 bits per heavy atom. The highest BCUT2D eigenvalue weighted by Crippen LogP contribution is 2.41. The van der Waals surface area contributed by atoms with Crippen molar-refractivity contribution in [3.63, 3.8) is 0 Å². The summed E-state index contributed by atoms with van der Waals surface area (Å²) in [6, 6.07) is 8.03. The number of aromatic nitrogens is 3. The van der Waals surface area contributed by atoms with E-state index in [4.69, 9.17) is 33.6 Å². The third-order valence-corrected chi connectivity index (χ3v) is 11.0. The Morgan fingerprint density at radius 3 is 2.40 bits per heavy atom. The number of likely N-dealkylation sites (tertiary alicyclic amines) is 1. The first-order chi connectivity index (χ1) is 24.4. The number of amides is 2. The standard InChI is InChI=1S/C39H51N5O6/c1-4-19-48-32-22-43(23-32)39(46)50-31-13-11-29(12-14-31)38(45)44(36-20-30(17-18-40-36)34-24-49-37(42-34)28-9-10-28)21-26-5-7-27(8-6-26)33-15-16-35(47-3)25(2)41-33/h15-18,20,24,26-29,31-32H,4-14,19,21-23H2,1-3H3. The summed E-state index contributed by atoms with van der Waals surface area (Å²) in [6.45, 7) is 6.58. The van der Waals surface area contributed by atoms with Gasteiger partial charge in [0, 0.05) is 48.4 Å². The average molecular weight is 686 g/mol. The first kappa shape index (κ1) is 34.5. The third-order valence-electron chi connectivity index (χ3n) is 11.0. The highest BCUT2D eigenvalue weighted by atomic mass is 16.6. The second-order valence-electron chi connectivity index (χ2n) is 14.7. The van der Waals surface area contributed by atoms with E-state index in [1.165, 1.54) is 0 Å². The predicted molar refractivity (Wildman–Crippen MR) is 188 cm³/mol. The maximum Gasteiger partial charge on any atom is 0.410 e. The van der Waals surface area contributed by atoms with Gasteiger partial charge in [-0.05, 0) is 108 Å². The van der Waals surface area contributed by atoms with Crippen LogP contribution in [0.3, 0.4) is 0 Å². The number of carbonyl (C=O) groups excluding carboxylic acids is 2. The molecule has 11 heteroatoms. The van der Waals surface area contributed by atoms with Gasteiger partial charge in [0.2, 0.25) is 5.91 Å². The Balaban J connectivity index is 1.00. The number of hydrogen-bond donors (Lipinski definition) is 0. The number of rotatable bonds is 12. The molecule has 50 heavy (non-hydrogen) atoms. The summed E-state index contributed by atoms with van der Waals surface area (Å²) in [5, 5.41) is 0. The first-order valence-corrected chi connectivity index (χ1v) is 18.7. The molecule has 0 aromatic carbocycles. The zero-order valence-corrected chi connectivity index (χ0v) is 29.7. The summed E-state index contributed by atoms with van der Waals surface area (Å²) in [6.07, 6.45) is 13.2. The fourth-order valence-corrected chi connectivity index (χ4v) is 7.71. The van der Waals surface area contributed by atoms with Crippen LogP contribution in [0.15, 0.2) is 41.1 Å². The lowest BCUT2D eigenvalue weighted by atomic mass is 9.79. The number of hydrogen-bond acceptors (Lipinski definition) is 9. The number of anilines is 1. The van der Waals surface area contributed by atoms with Gasteiger partial charge < -0.3 is 23.5 Å². The monoisotopic (exact) mass is 685 g/mol. The molecular weight excluding hydrogens is 634 g/mol. The van der Waals surface area contributed by atoms with E-state index in [9.17, 15) is 9.59 Å². The lowest BCUT2D eigenvalue weighted by Crippen LogP contribution is -2.55. The largest absolute Gasteiger partial charge is 0.495 e. The zero-order chi connectivity index (χ0) is 34.6. The van der Waals surface area contributed by atoms with Crippen molar-refractivity contribution in [2.24, 2.45) is 11.8 Å². The summed E-state index contributed by atoms with van der Waals surface area (Å²) < 4.78 is 22.8. The van der Waals surface area contributed by atoms with Crippen LogP contribution in [-0.2, 0) is 14.3 Å². The van der Waals surface area contributed by atoms with Gasteiger partial charge in [0.1, 0.15) is 29.6 Å². The number of ether oxygens (including phenoxy) is 3. The van der Waals surface area contributed by atoms with Gasteiger partial charge in [-0.25, -0.2) is 14.8 Å². The SMILES string of the molecule is CCCOC1CN(C(=O)OC2CCC(C(=O)N(CC3CCC(c4ccc(OC)c(C)n4)CC3)c3cc(-c4coc(C5CC5)n4)ccn3)CC2)C1. The average Bonchev–Trinajstić information content (AvgIpc) is 3.86. The third kappa shape index (κ3) is 7.98. The summed E-state index contributed by atoms with van der Waals surface area (Å²) in [7, 11) is 1.68. The van der Waals surface area contributed by atoms with Crippen LogP contribution in [-0.4, -0.2) is 77.4 Å². The predicted octanol–water partition coefficient (Wildman–Crippen LogP) is 7.44. The molecule has 0 N–H and O–H groups in total. The van der Waals surface area contributed by atoms with Gasteiger partial charge in [0.25, 0.3) is 0 Å². The Labute approximate surface area is 295 Å². The quantitative estimate of drug-likeness (QED) is 0.192. The molecule has 3 saturated carbocycles. The second kappa shape index (κ2) is 15.5. The molecule has 0 bridgehead atoms. The number of carbonyl (C=O) groups is 2. The molecule has 4 heterocycles. The Morgan fingerprint density at radius 1 is 0.940 bits per heavy atom. The van der Waals surface area contributed by atoms with Crippen molar-refractivity contribution in [1.29, 1.82) is 0 Å². The van der Waals surface area contributed by atoms with E-state index in [2.05, 4.69) is 13.0 Å². The van der Waals surface area contributed by atoms with E-state index in [1.807, 2.05) is 30.0 Å². The molecule has 2 amide bonds. The molecule has 0 unspecified atom stereocenters. The van der Waals surface area contributed by atoms with E-state index in [1.54, 1.807) is 24.5 Å². The van der Waals surface area contributed by atoms with E-state index in [0.717, 1.165) is 79.2 Å². The fraction of sp³-hybridized carbons (Fsp3) is 0.615. The topological polar surface area (TPSA) is 120 Å². The molecule has 1 aliphatic heterocycles. The van der Waals surface area contributed by atoms with Crippen LogP contribution in [0.25, 0.3) is 11.3 Å². The molecule has 4 aliphatic rings. The normalized spacial score (nSPS) is 24.0. The Bertz CT molecular complexity index is 1620. The highest BCUT2D eigenvalue weighted by Gasteiger charge is 2.37. The second-order valence-corrected chi connectivity index (χ2v) is 14.7. The van der Waals surface area contributed by atoms with Gasteiger partial charge >= 0.3 is 6.09 Å². The lowest BCUT2D eigenvalue weighted by molar-refractivity contribution is -0.124. The van der Waals surface area contributed by atoms with Crippen LogP contribution in [0.1, 0.15) is 107 Å². The molecule has 3 aliphatic carbocycles. The van der Waals surface area contributed by atoms with Crippen LogP contribution < -0.4 is 9.64 Å². The number of aryl methyl sites for hydroxylation is 1. The minimum absolute atomic E-state index is 0.103. The summed E-state index contributed by atoms with van der Waals surface area (Å²) >= 11 is 0. The van der Waals surface area contributed by atoms with Crippen LogP contribution >= 0.6 is 0 Å². The van der Waals surface area contributed by atoms with Crippen molar-refractivity contribution >= 4 is 17.8 Å². The van der Waals surface area contributed by atoms with Crippen molar-refractivity contribution in [3.8, 4) is 17.0 Å². The van der Waals surface area contributed by atoms with Gasteiger partial charge in [-0.1, -0.05) is 6.92 Å². The van der Waals surface area contributed by atoms with E-state index >= 15 is 0 Å². The smallest absolute Gasteiger partial charge is 0.410 e. The molecule has 0 atom stereocenters. The van der Waals surface area contributed by atoms with Crippen LogP contribution in [0, 0.1) is 18.8 Å². The molecule has 3 aromatic heterocycles. The first-order valence-electron chi connectivity index (χ1n) is 18.7. The minimum Gasteiger partial charge on any atom is -0.495 e. The van der Waals surface area contributed by atoms with Gasteiger partial charge in [0.05, 0.1) is 32.0 Å². The van der Waals surface area contributed by atoms with Crippen LogP contribution in [0.2, 0.25) is 0 Å². The molecule has 268 valence electrons. The molecule has 3 aromatic rings. The Hall–Kier alpha value is -3.99. The molecule has 1 saturated heterocycles. The summed E-state index contributed by atoms with van der Waals surface area (Å²) in [5.74, 6) is 3.40. The van der Waals surface area contributed by atoms with Crippen molar-refractivity contribution in [2.75, 3.05) is 38.3 Å². The fourth-order valence-electron chi connectivity index (χ4n) is 7.71. The molecule has 0 spiro atoms. The maximum atomic E-state index is 14.4. The molecule has 7 rings (SSSR count). The van der Waals surface area contributed by atoms with Crippen LogP contribution in [0.4, 0.5) is 10.6 Å². The number of methoxy groups -OCH3 is 1. The van der Waals surface area contributed by atoms with E-state index in [-0.39, 0.29) is 30.1 Å². The molecule has 11 nitrogen and oxygen atoms in total. The van der Waals surface area contributed by atoms with Gasteiger partial charge in [-0.15, -0.1) is 0 Å². The summed E-state index contributed by atoms with van der Waals surface area (Å²) in [4.78, 5) is 45.1. The lowest BCUT2D eigenvalue weighted by Gasteiger charge is -2.39. The minimum atomic E-state index is -0.271. The van der Waals surface area contributed by atoms with Crippen molar-refractivity contribution in [3.05, 3.63) is 54.0 Å². The van der Waals surface area contributed by atoms with E-state index < -0.39 is 0 Å². The highest BCUT2D eigenvalue weighted by molar-refractivity contribution is 5.94. The Kier molecular flexibility index (Phi) is 10.7. The van der Waals surface area contributed by atoms with Crippen LogP contribution in [0.5, 0.6) is 5.75 Å². The van der Waals surface area contributed by atoms with Crippen molar-refractivity contribution in [2.45, 2.75) is 109 Å². The van der Waals surface area contributed by atoms with Crippen molar-refractivity contribution < 1.29 is 28.2 Å². The van der Waals surface area contributed by atoms with Gasteiger partial charge in [-0.3, -0.25) is 14.7 Å². The zero-order valence-electron chi connectivity index (χ0n) is 29.7. The summed E-state index contributed by atoms with van der Waals surface area (Å²) in [5.41, 5.74) is 3.72. The van der Waals surface area contributed by atoms with Gasteiger partial charge in [0.15, 0.2) is 5.89 Å². The van der Waals surface area contributed by atoms with E-state index in [0.29, 0.717) is 75.5 Å². The molecular formula is C39H51N5O6. The van der Waals surface area contributed by atoms with Gasteiger partial charge in [-0.2, -0.15) is 0 Å².